The minimum atomic E-state index is -0.863. The predicted molar refractivity (Wildman–Crippen MR) is 106 cm³/mol. The first-order valence-corrected chi connectivity index (χ1v) is 8.42. The summed E-state index contributed by atoms with van der Waals surface area (Å²) in [5.41, 5.74) is 4.81. The Labute approximate surface area is 160 Å². The number of rotatable bonds is 1. The fraction of sp³-hybridized carbons (Fsp3) is 0.263. The van der Waals surface area contributed by atoms with Crippen LogP contribution >= 0.6 is 31.9 Å². The number of carboxylic acids is 1. The summed E-state index contributed by atoms with van der Waals surface area (Å²) in [6.07, 6.45) is 0. The highest BCUT2D eigenvalue weighted by molar-refractivity contribution is 9.10. The molecule has 0 saturated heterocycles. The van der Waals surface area contributed by atoms with Crippen LogP contribution in [-0.4, -0.2) is 11.1 Å². The summed E-state index contributed by atoms with van der Waals surface area (Å²) in [4.78, 5) is 10.7. The van der Waals surface area contributed by atoms with Crippen LogP contribution < -0.4 is 0 Å². The Morgan fingerprint density at radius 1 is 0.917 bits per heavy atom. The van der Waals surface area contributed by atoms with Crippen LogP contribution in [0.2, 0.25) is 0 Å². The van der Waals surface area contributed by atoms with Crippen molar-refractivity contribution in [1.29, 1.82) is 5.26 Å². The van der Waals surface area contributed by atoms with Gasteiger partial charge in [0.1, 0.15) is 0 Å². The number of halogens is 2. The molecular weight excluding hydrogens is 434 g/mol. The first-order valence-electron chi connectivity index (χ1n) is 6.84. The molecule has 0 atom stereocenters. The lowest BCUT2D eigenvalue weighted by Gasteiger charge is -2.04. The molecule has 0 aliphatic rings. The molecular formula is C19H21Br2NO2. The van der Waals surface area contributed by atoms with Gasteiger partial charge in [-0.1, -0.05) is 39.3 Å². The Hall–Kier alpha value is -1.64. The number of aromatic carboxylic acids is 1. The number of benzene rings is 2. The predicted octanol–water partition coefficient (Wildman–Crippen LogP) is 6.34. The molecule has 2 rings (SSSR count). The van der Waals surface area contributed by atoms with Gasteiger partial charge in [0.15, 0.2) is 0 Å². The lowest BCUT2D eigenvalue weighted by Crippen LogP contribution is -2.02. The summed E-state index contributed by atoms with van der Waals surface area (Å²) >= 11 is 6.67. The SMILES string of the molecule is C.Cc1cc(Br)cc(C)c1C#N.Cc1cc(Br)cc(C)c1C(=O)O. The average Bonchev–Trinajstić information content (AvgIpc) is 2.36. The van der Waals surface area contributed by atoms with E-state index in [2.05, 4.69) is 37.9 Å². The van der Waals surface area contributed by atoms with E-state index >= 15 is 0 Å². The second kappa shape index (κ2) is 9.61. The summed E-state index contributed by atoms with van der Waals surface area (Å²) in [5.74, 6) is -0.863. The lowest BCUT2D eigenvalue weighted by atomic mass is 10.0. The lowest BCUT2D eigenvalue weighted by molar-refractivity contribution is 0.0695. The number of aryl methyl sites for hydroxylation is 4. The normalized spacial score (nSPS) is 9.21. The van der Waals surface area contributed by atoms with E-state index in [1.165, 1.54) is 0 Å². The molecule has 0 saturated carbocycles. The first-order chi connectivity index (χ1) is 10.7. The topological polar surface area (TPSA) is 61.1 Å². The number of carboxylic acid groups (broad SMARTS) is 1. The molecule has 0 unspecified atom stereocenters. The molecule has 3 nitrogen and oxygen atoms in total. The van der Waals surface area contributed by atoms with Crippen molar-refractivity contribution >= 4 is 37.8 Å². The summed E-state index contributed by atoms with van der Waals surface area (Å²) in [6, 6.07) is 9.67. The third-order valence-corrected chi connectivity index (χ3v) is 4.24. The summed E-state index contributed by atoms with van der Waals surface area (Å²) in [5, 5.41) is 17.5. The number of hydrogen-bond acceptors (Lipinski definition) is 2. The highest BCUT2D eigenvalue weighted by Crippen LogP contribution is 2.20. The average molecular weight is 455 g/mol. The molecule has 0 amide bonds. The van der Waals surface area contributed by atoms with Crippen molar-refractivity contribution in [3.63, 3.8) is 0 Å². The molecule has 2 aromatic carbocycles. The molecule has 0 heterocycles. The molecule has 0 aliphatic carbocycles. The van der Waals surface area contributed by atoms with Crippen molar-refractivity contribution in [2.45, 2.75) is 35.1 Å². The van der Waals surface area contributed by atoms with E-state index in [1.807, 2.05) is 26.0 Å². The third-order valence-electron chi connectivity index (χ3n) is 3.32. The van der Waals surface area contributed by atoms with Gasteiger partial charge < -0.3 is 5.11 Å². The molecule has 5 heteroatoms. The van der Waals surface area contributed by atoms with Gasteiger partial charge in [-0.25, -0.2) is 4.79 Å². The molecule has 2 aromatic rings. The summed E-state index contributed by atoms with van der Waals surface area (Å²) in [6.45, 7) is 7.47. The number of nitriles is 1. The van der Waals surface area contributed by atoms with Gasteiger partial charge in [0.25, 0.3) is 0 Å². The zero-order valence-corrected chi connectivity index (χ0v) is 16.5. The Balaban J connectivity index is 0.000000425. The minimum Gasteiger partial charge on any atom is -0.478 e. The van der Waals surface area contributed by atoms with Gasteiger partial charge in [-0.05, 0) is 74.2 Å². The van der Waals surface area contributed by atoms with E-state index < -0.39 is 5.97 Å². The Morgan fingerprint density at radius 3 is 1.54 bits per heavy atom. The molecule has 24 heavy (non-hydrogen) atoms. The Kier molecular flexibility index (Phi) is 8.95. The molecule has 0 radical (unpaired) electrons. The maximum Gasteiger partial charge on any atom is 0.336 e. The highest BCUT2D eigenvalue weighted by Gasteiger charge is 2.10. The molecule has 0 spiro atoms. The second-order valence-corrected chi connectivity index (χ2v) is 7.08. The maximum atomic E-state index is 10.7. The maximum absolute atomic E-state index is 10.7. The zero-order valence-electron chi connectivity index (χ0n) is 13.4. The van der Waals surface area contributed by atoms with Crippen LogP contribution in [0.25, 0.3) is 0 Å². The van der Waals surface area contributed by atoms with E-state index in [4.69, 9.17) is 10.4 Å². The Morgan fingerprint density at radius 2 is 1.25 bits per heavy atom. The largest absolute Gasteiger partial charge is 0.478 e. The molecule has 0 bridgehead atoms. The van der Waals surface area contributed by atoms with Crippen molar-refractivity contribution in [3.05, 3.63) is 66.6 Å². The van der Waals surface area contributed by atoms with Crippen LogP contribution in [0.3, 0.4) is 0 Å². The summed E-state index contributed by atoms with van der Waals surface area (Å²) in [7, 11) is 0. The Bertz CT molecular complexity index is 746. The van der Waals surface area contributed by atoms with Gasteiger partial charge in [-0.2, -0.15) is 5.26 Å². The van der Waals surface area contributed by atoms with Crippen LogP contribution in [0, 0.1) is 39.0 Å². The smallest absolute Gasteiger partial charge is 0.336 e. The quantitative estimate of drug-likeness (QED) is 0.546. The number of carbonyl (C=O) groups is 1. The van der Waals surface area contributed by atoms with Gasteiger partial charge in [0.2, 0.25) is 0 Å². The van der Waals surface area contributed by atoms with E-state index in [-0.39, 0.29) is 7.43 Å². The van der Waals surface area contributed by atoms with Gasteiger partial charge in [-0.3, -0.25) is 0 Å². The van der Waals surface area contributed by atoms with Gasteiger partial charge in [0, 0.05) is 8.95 Å². The van der Waals surface area contributed by atoms with Crippen LogP contribution in [0.4, 0.5) is 0 Å². The van der Waals surface area contributed by atoms with Crippen molar-refractivity contribution in [2.75, 3.05) is 0 Å². The first kappa shape index (κ1) is 22.4. The van der Waals surface area contributed by atoms with E-state index in [0.29, 0.717) is 5.56 Å². The van der Waals surface area contributed by atoms with Crippen LogP contribution in [0.1, 0.15) is 45.6 Å². The van der Waals surface area contributed by atoms with Crippen LogP contribution in [0.5, 0.6) is 0 Å². The van der Waals surface area contributed by atoms with Crippen LogP contribution in [-0.2, 0) is 0 Å². The van der Waals surface area contributed by atoms with E-state index in [1.54, 1.807) is 26.0 Å². The molecule has 128 valence electrons. The molecule has 0 aromatic heterocycles. The third kappa shape index (κ3) is 5.77. The van der Waals surface area contributed by atoms with E-state index in [9.17, 15) is 4.79 Å². The van der Waals surface area contributed by atoms with E-state index in [0.717, 1.165) is 36.8 Å². The fourth-order valence-electron chi connectivity index (χ4n) is 2.34. The van der Waals surface area contributed by atoms with Gasteiger partial charge in [-0.15, -0.1) is 0 Å². The van der Waals surface area contributed by atoms with Crippen molar-refractivity contribution in [3.8, 4) is 6.07 Å². The second-order valence-electron chi connectivity index (χ2n) is 5.25. The van der Waals surface area contributed by atoms with Crippen molar-refractivity contribution in [1.82, 2.24) is 0 Å². The monoisotopic (exact) mass is 453 g/mol. The van der Waals surface area contributed by atoms with Crippen molar-refractivity contribution < 1.29 is 9.90 Å². The molecule has 0 fully saturated rings. The zero-order chi connectivity index (χ0) is 17.7. The minimum absolute atomic E-state index is 0. The number of nitrogens with zero attached hydrogens (tertiary/aromatic N) is 1. The molecule has 0 aliphatic heterocycles. The van der Waals surface area contributed by atoms with Gasteiger partial charge in [0.05, 0.1) is 17.2 Å². The van der Waals surface area contributed by atoms with Gasteiger partial charge >= 0.3 is 5.97 Å². The molecule has 1 N–H and O–H groups in total. The standard InChI is InChI=1S/C9H8BrN.C9H9BrO2.CH4/c1-6-3-8(10)4-7(2)9(6)5-11;1-5-3-7(10)4-6(2)8(5)9(11)12;/h3-4H,1-2H3;3-4H,1-2H3,(H,11,12);1H4. The summed E-state index contributed by atoms with van der Waals surface area (Å²) < 4.78 is 1.95. The number of hydrogen-bond donors (Lipinski definition) is 1. The van der Waals surface area contributed by atoms with Crippen LogP contribution in [0.15, 0.2) is 33.2 Å². The highest BCUT2D eigenvalue weighted by atomic mass is 79.9. The van der Waals surface area contributed by atoms with Crippen molar-refractivity contribution in [2.24, 2.45) is 0 Å². The fourth-order valence-corrected chi connectivity index (χ4v) is 3.71.